The maximum atomic E-state index is 12.1. The largest absolute Gasteiger partial charge is 0.331 e. The highest BCUT2D eigenvalue weighted by atomic mass is 16.1. The van der Waals surface area contributed by atoms with Crippen LogP contribution in [0, 0.1) is 0 Å². The van der Waals surface area contributed by atoms with Crippen LogP contribution in [0.3, 0.4) is 0 Å². The molecule has 0 amide bonds. The number of imidazole rings is 1. The summed E-state index contributed by atoms with van der Waals surface area (Å²) in [6, 6.07) is 19.8. The molecule has 2 aromatic heterocycles. The first-order valence-electron chi connectivity index (χ1n) is 7.04. The molecule has 0 radical (unpaired) electrons. The van der Waals surface area contributed by atoms with Crippen molar-refractivity contribution in [2.75, 3.05) is 0 Å². The van der Waals surface area contributed by atoms with Gasteiger partial charge in [0.05, 0.1) is 5.69 Å². The summed E-state index contributed by atoms with van der Waals surface area (Å²) < 4.78 is 1.56. The maximum Gasteiger partial charge on any atom is 0.331 e. The van der Waals surface area contributed by atoms with E-state index in [9.17, 15) is 4.79 Å². The second kappa shape index (κ2) is 5.00. The van der Waals surface area contributed by atoms with E-state index < -0.39 is 0 Å². The number of rotatable bonds is 2. The van der Waals surface area contributed by atoms with Crippen molar-refractivity contribution < 1.29 is 0 Å². The van der Waals surface area contributed by atoms with E-state index in [1.165, 1.54) is 0 Å². The van der Waals surface area contributed by atoms with Crippen LogP contribution in [-0.2, 0) is 0 Å². The van der Waals surface area contributed by atoms with Crippen molar-refractivity contribution in [3.8, 4) is 22.4 Å². The van der Waals surface area contributed by atoms with Crippen molar-refractivity contribution in [2.45, 2.75) is 0 Å². The summed E-state index contributed by atoms with van der Waals surface area (Å²) in [6.07, 6.45) is 3.49. The number of benzene rings is 2. The lowest BCUT2D eigenvalue weighted by molar-refractivity contribution is 1.01. The second-order valence-corrected chi connectivity index (χ2v) is 5.06. The van der Waals surface area contributed by atoms with E-state index in [4.69, 9.17) is 0 Å². The quantitative estimate of drug-likeness (QED) is 0.614. The lowest BCUT2D eigenvalue weighted by atomic mass is 10.1. The zero-order valence-corrected chi connectivity index (χ0v) is 11.7. The van der Waals surface area contributed by atoms with Crippen molar-refractivity contribution >= 4 is 5.65 Å². The van der Waals surface area contributed by atoms with Gasteiger partial charge < -0.3 is 4.98 Å². The third kappa shape index (κ3) is 2.02. The minimum atomic E-state index is -0.190. The van der Waals surface area contributed by atoms with E-state index in [-0.39, 0.29) is 5.69 Å². The van der Waals surface area contributed by atoms with E-state index in [2.05, 4.69) is 9.97 Å². The van der Waals surface area contributed by atoms with Crippen LogP contribution < -0.4 is 5.69 Å². The molecule has 1 N–H and O–H groups in total. The highest BCUT2D eigenvalue weighted by Gasteiger charge is 2.11. The molecule has 4 rings (SSSR count). The van der Waals surface area contributed by atoms with Crippen molar-refractivity contribution in [3.63, 3.8) is 0 Å². The van der Waals surface area contributed by atoms with Gasteiger partial charge in [0.2, 0.25) is 0 Å². The summed E-state index contributed by atoms with van der Waals surface area (Å²) in [7, 11) is 0. The lowest BCUT2D eigenvalue weighted by Crippen LogP contribution is -2.15. The third-order valence-electron chi connectivity index (χ3n) is 3.66. The van der Waals surface area contributed by atoms with Gasteiger partial charge in [0.25, 0.3) is 0 Å². The fourth-order valence-corrected chi connectivity index (χ4v) is 2.57. The van der Waals surface area contributed by atoms with Crippen LogP contribution in [0.15, 0.2) is 77.9 Å². The Hall–Kier alpha value is -3.14. The number of hydrogen-bond donors (Lipinski definition) is 1. The van der Waals surface area contributed by atoms with E-state index >= 15 is 0 Å². The van der Waals surface area contributed by atoms with Gasteiger partial charge >= 0.3 is 5.69 Å². The first kappa shape index (κ1) is 12.6. The standard InChI is InChI=1S/C18H13N3O/c22-18-19-11-15(13-7-3-1-4-8-13)17-20-16(12-21(17)18)14-9-5-2-6-10-14/h1-12H,(H,19,22). The average Bonchev–Trinajstić information content (AvgIpc) is 3.03. The van der Waals surface area contributed by atoms with Crippen LogP contribution in [-0.4, -0.2) is 14.4 Å². The average molecular weight is 287 g/mol. The van der Waals surface area contributed by atoms with Gasteiger partial charge in [-0.2, -0.15) is 0 Å². The minimum absolute atomic E-state index is 0.190. The summed E-state index contributed by atoms with van der Waals surface area (Å²) in [6.45, 7) is 0. The molecule has 4 heteroatoms. The van der Waals surface area contributed by atoms with Gasteiger partial charge in [-0.15, -0.1) is 0 Å². The second-order valence-electron chi connectivity index (χ2n) is 5.06. The summed E-state index contributed by atoms with van der Waals surface area (Å²) in [5.74, 6) is 0. The fourth-order valence-electron chi connectivity index (χ4n) is 2.57. The van der Waals surface area contributed by atoms with E-state index in [1.54, 1.807) is 16.8 Å². The molecule has 0 saturated heterocycles. The summed E-state index contributed by atoms with van der Waals surface area (Å²) in [5, 5.41) is 0. The molecule has 0 aliphatic rings. The van der Waals surface area contributed by atoms with Gasteiger partial charge in [-0.1, -0.05) is 60.7 Å². The van der Waals surface area contributed by atoms with Crippen LogP contribution in [0.1, 0.15) is 0 Å². The zero-order valence-electron chi connectivity index (χ0n) is 11.7. The first-order chi connectivity index (χ1) is 10.8. The molecule has 4 aromatic rings. The number of nitrogens with one attached hydrogen (secondary N) is 1. The van der Waals surface area contributed by atoms with Gasteiger partial charge in [-0.3, -0.25) is 4.40 Å². The number of H-pyrrole nitrogens is 1. The molecule has 0 aliphatic carbocycles. The molecule has 0 unspecified atom stereocenters. The summed E-state index contributed by atoms with van der Waals surface area (Å²) in [5.41, 5.74) is 4.17. The van der Waals surface area contributed by atoms with Crippen molar-refractivity contribution in [1.82, 2.24) is 14.4 Å². The Morgan fingerprint density at radius 2 is 1.50 bits per heavy atom. The third-order valence-corrected chi connectivity index (χ3v) is 3.66. The van der Waals surface area contributed by atoms with Crippen LogP contribution in [0.5, 0.6) is 0 Å². The Morgan fingerprint density at radius 1 is 0.864 bits per heavy atom. The fraction of sp³-hybridized carbons (Fsp3) is 0. The van der Waals surface area contributed by atoms with Gasteiger partial charge in [0.1, 0.15) is 0 Å². The smallest absolute Gasteiger partial charge is 0.313 e. The molecule has 0 aliphatic heterocycles. The zero-order chi connectivity index (χ0) is 14.9. The number of hydrogen-bond acceptors (Lipinski definition) is 2. The van der Waals surface area contributed by atoms with E-state index in [0.717, 1.165) is 22.4 Å². The molecule has 0 spiro atoms. The maximum absolute atomic E-state index is 12.1. The number of fused-ring (bicyclic) bond motifs is 1. The SMILES string of the molecule is O=c1[nH]cc(-c2ccccc2)c2nc(-c3ccccc3)cn12. The Balaban J connectivity index is 1.99. The summed E-state index contributed by atoms with van der Waals surface area (Å²) in [4.78, 5) is 19.5. The van der Waals surface area contributed by atoms with Gasteiger partial charge in [0, 0.05) is 23.5 Å². The monoisotopic (exact) mass is 287 g/mol. The molecule has 22 heavy (non-hydrogen) atoms. The van der Waals surface area contributed by atoms with Gasteiger partial charge in [0.15, 0.2) is 5.65 Å². The normalized spacial score (nSPS) is 10.9. The van der Waals surface area contributed by atoms with Crippen LogP contribution in [0.4, 0.5) is 0 Å². The predicted molar refractivity (Wildman–Crippen MR) is 86.7 cm³/mol. The highest BCUT2D eigenvalue weighted by Crippen LogP contribution is 2.25. The first-order valence-corrected chi connectivity index (χ1v) is 7.04. The van der Waals surface area contributed by atoms with Crippen LogP contribution in [0.25, 0.3) is 28.0 Å². The Kier molecular flexibility index (Phi) is 2.86. The van der Waals surface area contributed by atoms with Crippen LogP contribution >= 0.6 is 0 Å². The van der Waals surface area contributed by atoms with Crippen molar-refractivity contribution in [3.05, 3.63) is 83.5 Å². The number of aromatic amines is 1. The van der Waals surface area contributed by atoms with Crippen LogP contribution in [0.2, 0.25) is 0 Å². The van der Waals surface area contributed by atoms with E-state index in [1.807, 2.05) is 60.7 Å². The molecule has 0 fully saturated rings. The lowest BCUT2D eigenvalue weighted by Gasteiger charge is -2.02. The molecular weight excluding hydrogens is 274 g/mol. The minimum Gasteiger partial charge on any atom is -0.313 e. The Morgan fingerprint density at radius 3 is 2.18 bits per heavy atom. The van der Waals surface area contributed by atoms with Gasteiger partial charge in [-0.05, 0) is 5.56 Å². The molecule has 2 aromatic carbocycles. The molecule has 106 valence electrons. The molecular formula is C18H13N3O. The summed E-state index contributed by atoms with van der Waals surface area (Å²) >= 11 is 0. The number of aromatic nitrogens is 3. The van der Waals surface area contributed by atoms with Crippen molar-refractivity contribution in [1.29, 1.82) is 0 Å². The molecule has 0 saturated carbocycles. The topological polar surface area (TPSA) is 50.2 Å². The molecule has 0 bridgehead atoms. The number of nitrogens with zero attached hydrogens (tertiary/aromatic N) is 2. The Labute approximate surface area is 126 Å². The van der Waals surface area contributed by atoms with Gasteiger partial charge in [-0.25, -0.2) is 9.78 Å². The predicted octanol–water partition coefficient (Wildman–Crippen LogP) is 3.36. The van der Waals surface area contributed by atoms with E-state index in [0.29, 0.717) is 5.65 Å². The van der Waals surface area contributed by atoms with Crippen molar-refractivity contribution in [2.24, 2.45) is 0 Å². The Bertz CT molecular complexity index is 985. The molecule has 4 nitrogen and oxygen atoms in total. The highest BCUT2D eigenvalue weighted by molar-refractivity contribution is 5.78. The molecule has 0 atom stereocenters. The molecule has 2 heterocycles.